The van der Waals surface area contributed by atoms with Crippen molar-refractivity contribution in [2.45, 2.75) is 13.5 Å². The Morgan fingerprint density at radius 1 is 0.958 bits per heavy atom. The summed E-state index contributed by atoms with van der Waals surface area (Å²) < 4.78 is 13.0. The Morgan fingerprint density at radius 2 is 1.67 bits per heavy atom. The topological polar surface area (TPSA) is 69.4 Å². The van der Waals surface area contributed by atoms with Crippen molar-refractivity contribution < 1.29 is 4.39 Å². The van der Waals surface area contributed by atoms with Gasteiger partial charge in [-0.25, -0.2) is 14.4 Å². The molecule has 24 heavy (non-hydrogen) atoms. The SMILES string of the molecule is Cc1nc2ccccc2nc1Cn1nnc(-c2ccc(F)cc2)n1. The maximum absolute atomic E-state index is 13.0. The lowest BCUT2D eigenvalue weighted by molar-refractivity contribution is 0.562. The Balaban J connectivity index is 1.64. The van der Waals surface area contributed by atoms with Crippen molar-refractivity contribution >= 4 is 11.0 Å². The van der Waals surface area contributed by atoms with E-state index in [1.54, 1.807) is 12.1 Å². The van der Waals surface area contributed by atoms with Gasteiger partial charge in [0.05, 0.1) is 22.4 Å². The van der Waals surface area contributed by atoms with Crippen LogP contribution in [0.15, 0.2) is 48.5 Å². The lowest BCUT2D eigenvalue weighted by Gasteiger charge is -2.05. The van der Waals surface area contributed by atoms with Crippen molar-refractivity contribution in [2.75, 3.05) is 0 Å². The number of rotatable bonds is 3. The number of hydrogen-bond donors (Lipinski definition) is 0. The fourth-order valence-electron chi connectivity index (χ4n) is 2.43. The van der Waals surface area contributed by atoms with E-state index < -0.39 is 0 Å². The molecule has 0 saturated heterocycles. The second-order valence-electron chi connectivity index (χ2n) is 5.39. The van der Waals surface area contributed by atoms with Gasteiger partial charge in [0.15, 0.2) is 0 Å². The quantitative estimate of drug-likeness (QED) is 0.580. The van der Waals surface area contributed by atoms with Gasteiger partial charge in [-0.05, 0) is 48.5 Å². The highest BCUT2D eigenvalue weighted by atomic mass is 19.1. The molecular formula is C17H13FN6. The van der Waals surface area contributed by atoms with E-state index in [2.05, 4.69) is 25.4 Å². The maximum Gasteiger partial charge on any atom is 0.204 e. The lowest BCUT2D eigenvalue weighted by atomic mass is 10.2. The third-order valence-electron chi connectivity index (χ3n) is 3.69. The van der Waals surface area contributed by atoms with E-state index in [1.165, 1.54) is 16.9 Å². The van der Waals surface area contributed by atoms with Crippen LogP contribution in [-0.2, 0) is 6.54 Å². The second-order valence-corrected chi connectivity index (χ2v) is 5.39. The Kier molecular flexibility index (Phi) is 3.45. The number of hydrogen-bond acceptors (Lipinski definition) is 5. The third kappa shape index (κ3) is 2.71. The standard InChI is InChI=1S/C17H13FN6/c1-11-16(20-15-5-3-2-4-14(15)19-11)10-24-22-17(21-23-24)12-6-8-13(18)9-7-12/h2-9H,10H2,1H3. The molecule has 0 aliphatic heterocycles. The monoisotopic (exact) mass is 320 g/mol. The predicted molar refractivity (Wildman–Crippen MR) is 86.6 cm³/mol. The average Bonchev–Trinajstić information content (AvgIpc) is 3.05. The molecule has 118 valence electrons. The predicted octanol–water partition coefficient (Wildman–Crippen LogP) is 2.78. The van der Waals surface area contributed by atoms with E-state index in [1.807, 2.05) is 31.2 Å². The van der Waals surface area contributed by atoms with Gasteiger partial charge < -0.3 is 0 Å². The van der Waals surface area contributed by atoms with Gasteiger partial charge in [-0.3, -0.25) is 0 Å². The maximum atomic E-state index is 13.0. The van der Waals surface area contributed by atoms with E-state index in [0.717, 1.165) is 22.4 Å². The second kappa shape index (κ2) is 5.77. The van der Waals surface area contributed by atoms with Gasteiger partial charge in [-0.2, -0.15) is 4.80 Å². The number of aryl methyl sites for hydroxylation is 1. The molecule has 0 N–H and O–H groups in total. The van der Waals surface area contributed by atoms with Gasteiger partial charge in [0, 0.05) is 5.56 Å². The summed E-state index contributed by atoms with van der Waals surface area (Å²) in [4.78, 5) is 10.6. The zero-order valence-corrected chi connectivity index (χ0v) is 12.9. The number of benzene rings is 2. The minimum absolute atomic E-state index is 0.298. The smallest absolute Gasteiger partial charge is 0.204 e. The number of fused-ring (bicyclic) bond motifs is 1. The molecule has 2 aromatic carbocycles. The number of tetrazole rings is 1. The van der Waals surface area contributed by atoms with E-state index in [-0.39, 0.29) is 5.82 Å². The molecule has 0 saturated carbocycles. The van der Waals surface area contributed by atoms with Crippen LogP contribution in [0.25, 0.3) is 22.4 Å². The summed E-state index contributed by atoms with van der Waals surface area (Å²) in [5, 5.41) is 12.4. The summed E-state index contributed by atoms with van der Waals surface area (Å²) in [5.41, 5.74) is 4.02. The Bertz CT molecular complexity index is 1010. The van der Waals surface area contributed by atoms with Gasteiger partial charge in [0.2, 0.25) is 5.82 Å². The van der Waals surface area contributed by atoms with Gasteiger partial charge in [0.1, 0.15) is 12.4 Å². The van der Waals surface area contributed by atoms with E-state index in [0.29, 0.717) is 17.9 Å². The van der Waals surface area contributed by atoms with E-state index >= 15 is 0 Å². The first kappa shape index (κ1) is 14.4. The van der Waals surface area contributed by atoms with Gasteiger partial charge >= 0.3 is 0 Å². The van der Waals surface area contributed by atoms with Gasteiger partial charge in [0.25, 0.3) is 0 Å². The highest BCUT2D eigenvalue weighted by molar-refractivity contribution is 5.74. The Labute approximate surface area is 137 Å². The lowest BCUT2D eigenvalue weighted by Crippen LogP contribution is -2.09. The molecule has 0 atom stereocenters. The highest BCUT2D eigenvalue weighted by Gasteiger charge is 2.10. The zero-order chi connectivity index (χ0) is 16.5. The van der Waals surface area contributed by atoms with Gasteiger partial charge in [-0.1, -0.05) is 12.1 Å². The van der Waals surface area contributed by atoms with Crippen LogP contribution >= 0.6 is 0 Å². The molecule has 6 nitrogen and oxygen atoms in total. The van der Waals surface area contributed by atoms with Gasteiger partial charge in [-0.15, -0.1) is 10.2 Å². The van der Waals surface area contributed by atoms with Crippen LogP contribution in [0.5, 0.6) is 0 Å². The molecule has 2 aromatic heterocycles. The largest absolute Gasteiger partial charge is 0.250 e. The minimum Gasteiger partial charge on any atom is -0.250 e. The van der Waals surface area contributed by atoms with Crippen LogP contribution < -0.4 is 0 Å². The fourth-order valence-corrected chi connectivity index (χ4v) is 2.43. The van der Waals surface area contributed by atoms with Crippen LogP contribution in [0.3, 0.4) is 0 Å². The van der Waals surface area contributed by atoms with Crippen LogP contribution in [0.2, 0.25) is 0 Å². The Hall–Kier alpha value is -3.22. The first-order valence-electron chi connectivity index (χ1n) is 7.45. The van der Waals surface area contributed by atoms with E-state index in [9.17, 15) is 4.39 Å². The van der Waals surface area contributed by atoms with Crippen molar-refractivity contribution in [2.24, 2.45) is 0 Å². The molecule has 2 heterocycles. The molecule has 0 spiro atoms. The van der Waals surface area contributed by atoms with Crippen molar-refractivity contribution in [3.05, 3.63) is 65.7 Å². The molecule has 0 bridgehead atoms. The number of nitrogens with zero attached hydrogens (tertiary/aromatic N) is 6. The number of halogens is 1. The first-order valence-corrected chi connectivity index (χ1v) is 7.45. The molecule has 4 rings (SSSR count). The molecule has 0 aliphatic carbocycles. The average molecular weight is 320 g/mol. The normalized spacial score (nSPS) is 11.1. The highest BCUT2D eigenvalue weighted by Crippen LogP contribution is 2.15. The summed E-state index contributed by atoms with van der Waals surface area (Å²) in [6.45, 7) is 2.28. The van der Waals surface area contributed by atoms with Crippen LogP contribution in [0.1, 0.15) is 11.4 Å². The summed E-state index contributed by atoms with van der Waals surface area (Å²) in [5.74, 6) is 0.148. The molecule has 0 aliphatic rings. The summed E-state index contributed by atoms with van der Waals surface area (Å²) in [6.07, 6.45) is 0. The molecule has 0 unspecified atom stereocenters. The number of aromatic nitrogens is 6. The van der Waals surface area contributed by atoms with Crippen LogP contribution in [-0.4, -0.2) is 30.2 Å². The molecule has 0 amide bonds. The molecule has 7 heteroatoms. The van der Waals surface area contributed by atoms with Crippen molar-refractivity contribution in [3.63, 3.8) is 0 Å². The third-order valence-corrected chi connectivity index (χ3v) is 3.69. The fraction of sp³-hybridized carbons (Fsp3) is 0.118. The zero-order valence-electron chi connectivity index (χ0n) is 12.9. The van der Waals surface area contributed by atoms with Crippen molar-refractivity contribution in [1.29, 1.82) is 0 Å². The van der Waals surface area contributed by atoms with Crippen LogP contribution in [0.4, 0.5) is 4.39 Å². The minimum atomic E-state index is -0.298. The van der Waals surface area contributed by atoms with E-state index in [4.69, 9.17) is 0 Å². The van der Waals surface area contributed by atoms with Crippen LogP contribution in [0, 0.1) is 12.7 Å². The molecular weight excluding hydrogens is 307 g/mol. The first-order chi connectivity index (χ1) is 11.7. The molecule has 0 fully saturated rings. The summed E-state index contributed by atoms with van der Waals surface area (Å²) in [7, 11) is 0. The Morgan fingerprint density at radius 3 is 2.42 bits per heavy atom. The number of para-hydroxylation sites is 2. The molecule has 0 radical (unpaired) electrons. The molecule has 4 aromatic rings. The van der Waals surface area contributed by atoms with Crippen molar-refractivity contribution in [3.8, 4) is 11.4 Å². The summed E-state index contributed by atoms with van der Waals surface area (Å²) in [6, 6.07) is 13.7. The van der Waals surface area contributed by atoms with Crippen molar-refractivity contribution in [1.82, 2.24) is 30.2 Å². The summed E-state index contributed by atoms with van der Waals surface area (Å²) >= 11 is 0.